The van der Waals surface area contributed by atoms with Gasteiger partial charge in [-0.25, -0.2) is 4.98 Å². The van der Waals surface area contributed by atoms with Gasteiger partial charge in [0.15, 0.2) is 5.43 Å². The maximum Gasteiger partial charge on any atom is 0.495 e. The molecule has 7 nitrogen and oxygen atoms in total. The first-order valence-corrected chi connectivity index (χ1v) is 15.4. The van der Waals surface area contributed by atoms with Crippen LogP contribution in [0.5, 0.6) is 0 Å². The summed E-state index contributed by atoms with van der Waals surface area (Å²) in [5, 5.41) is 4.47. The van der Waals surface area contributed by atoms with Crippen LogP contribution >= 0.6 is 11.6 Å². The normalized spacial score (nSPS) is 16.5. The molecule has 1 N–H and O–H groups in total. The van der Waals surface area contributed by atoms with Gasteiger partial charge in [-0.15, -0.1) is 0 Å². The number of halogens is 1. The van der Waals surface area contributed by atoms with E-state index in [2.05, 4.69) is 10.3 Å². The Balaban J connectivity index is 1.58. The molecule has 2 aromatic carbocycles. The van der Waals surface area contributed by atoms with Crippen molar-refractivity contribution in [1.82, 2.24) is 4.98 Å². The molecule has 44 heavy (non-hydrogen) atoms. The highest BCUT2D eigenvalue weighted by Crippen LogP contribution is 2.38. The predicted molar refractivity (Wildman–Crippen MR) is 179 cm³/mol. The van der Waals surface area contributed by atoms with Crippen LogP contribution in [0.4, 0.5) is 5.69 Å². The van der Waals surface area contributed by atoms with Crippen LogP contribution in [-0.2, 0) is 9.31 Å². The maximum atomic E-state index is 13.4. The Bertz CT molecular complexity index is 1830. The number of nitrogens with one attached hydrogen (secondary N) is 1. The van der Waals surface area contributed by atoms with Crippen LogP contribution in [0.25, 0.3) is 22.2 Å². The summed E-state index contributed by atoms with van der Waals surface area (Å²) in [5.41, 5.74) is 5.96. The fourth-order valence-corrected chi connectivity index (χ4v) is 6.03. The van der Waals surface area contributed by atoms with Gasteiger partial charge in [-0.2, -0.15) is 0 Å². The van der Waals surface area contributed by atoms with Crippen LogP contribution in [0, 0.1) is 20.8 Å². The summed E-state index contributed by atoms with van der Waals surface area (Å²) in [6.45, 7) is 19.7. The number of nitrogens with zero attached hydrogens (tertiary/aromatic N) is 1. The topological polar surface area (TPSA) is 90.7 Å². The third-order valence-electron chi connectivity index (χ3n) is 8.96. The van der Waals surface area contributed by atoms with Crippen molar-refractivity contribution in [3.63, 3.8) is 0 Å². The lowest BCUT2D eigenvalue weighted by Gasteiger charge is -2.32. The Morgan fingerprint density at radius 3 is 2.25 bits per heavy atom. The molecular weight excluding hydrogens is 575 g/mol. The average molecular weight is 615 g/mol. The van der Waals surface area contributed by atoms with Crippen molar-refractivity contribution in [1.29, 1.82) is 0 Å². The summed E-state index contributed by atoms with van der Waals surface area (Å²) < 4.78 is 19.0. The molecule has 3 heterocycles. The van der Waals surface area contributed by atoms with Gasteiger partial charge in [0, 0.05) is 28.2 Å². The minimum atomic E-state index is -0.678. The Hall–Kier alpha value is -3.46. The van der Waals surface area contributed by atoms with E-state index in [9.17, 15) is 9.59 Å². The number of aromatic nitrogens is 1. The average Bonchev–Trinajstić information content (AvgIpc) is 3.16. The van der Waals surface area contributed by atoms with Crippen molar-refractivity contribution in [2.24, 2.45) is 0 Å². The molecule has 0 aliphatic carbocycles. The van der Waals surface area contributed by atoms with Crippen molar-refractivity contribution < 1.29 is 18.5 Å². The molecule has 1 fully saturated rings. The fourth-order valence-electron chi connectivity index (χ4n) is 5.88. The molecule has 9 heteroatoms. The Labute approximate surface area is 264 Å². The molecule has 0 saturated carbocycles. The molecule has 0 radical (unpaired) electrons. The molecule has 1 aliphatic heterocycles. The minimum Gasteiger partial charge on any atom is -0.460 e. The zero-order valence-corrected chi connectivity index (χ0v) is 27.9. The fraction of sp³-hybridized carbons (Fsp3) is 0.400. The van der Waals surface area contributed by atoms with Crippen molar-refractivity contribution >= 4 is 47.1 Å². The number of hydrogen-bond acceptors (Lipinski definition) is 7. The largest absolute Gasteiger partial charge is 0.495 e. The number of aldehydes is 1. The second-order valence-electron chi connectivity index (χ2n) is 13.2. The quantitative estimate of drug-likeness (QED) is 0.129. The Morgan fingerprint density at radius 2 is 1.64 bits per heavy atom. The standard InChI is InChI=1S/C35H40BClN2O5/c1-18(2)32-21(5)31(41)26-14-19(3)13-25(33(26)42-32)22(6)38-27-11-12-28(37)39-30(27)23-15-20(4)29(24(16-23)17-40)36-43-34(7,8)35(9,10)44-36/h11-18,22,38H,1-10H3. The van der Waals surface area contributed by atoms with Gasteiger partial charge in [-0.05, 0) is 96.2 Å². The number of carbonyl (C=O) groups is 1. The lowest BCUT2D eigenvalue weighted by atomic mass is 9.72. The van der Waals surface area contributed by atoms with Crippen LogP contribution in [0.2, 0.25) is 5.15 Å². The highest BCUT2D eigenvalue weighted by molar-refractivity contribution is 6.64. The molecule has 0 spiro atoms. The number of pyridine rings is 1. The van der Waals surface area contributed by atoms with E-state index in [-0.39, 0.29) is 17.4 Å². The molecule has 2 aromatic heterocycles. The Kier molecular flexibility index (Phi) is 8.34. The first-order chi connectivity index (χ1) is 20.5. The first-order valence-electron chi connectivity index (χ1n) is 15.0. The number of benzene rings is 2. The SMILES string of the molecule is Cc1cc(C(C)Nc2ccc(Cl)nc2-c2cc(C)c(B3OC(C)(C)C(C)(C)O3)c(C=O)c2)c2oc(C(C)C)c(C)c(=O)c2c1. The van der Waals surface area contributed by atoms with Crippen LogP contribution in [0.15, 0.2) is 45.6 Å². The van der Waals surface area contributed by atoms with Crippen molar-refractivity contribution in [2.75, 3.05) is 5.32 Å². The Morgan fingerprint density at radius 1 is 0.977 bits per heavy atom. The van der Waals surface area contributed by atoms with E-state index >= 15 is 0 Å². The highest BCUT2D eigenvalue weighted by atomic mass is 35.5. The minimum absolute atomic E-state index is 0.0140. The molecule has 230 valence electrons. The molecule has 4 aromatic rings. The summed E-state index contributed by atoms with van der Waals surface area (Å²) in [7, 11) is -0.678. The smallest absolute Gasteiger partial charge is 0.460 e. The number of anilines is 1. The lowest BCUT2D eigenvalue weighted by molar-refractivity contribution is 0.00578. The number of fused-ring (bicyclic) bond motifs is 1. The number of hydrogen-bond donors (Lipinski definition) is 1. The molecule has 5 rings (SSSR count). The van der Waals surface area contributed by atoms with Crippen molar-refractivity contribution in [2.45, 2.75) is 92.4 Å². The molecule has 1 aliphatic rings. The van der Waals surface area contributed by atoms with Crippen molar-refractivity contribution in [3.05, 3.63) is 85.4 Å². The van der Waals surface area contributed by atoms with Gasteiger partial charge in [-0.3, -0.25) is 9.59 Å². The van der Waals surface area contributed by atoms with E-state index in [4.69, 9.17) is 25.3 Å². The van der Waals surface area contributed by atoms with Crippen LogP contribution in [0.3, 0.4) is 0 Å². The molecule has 1 unspecified atom stereocenters. The van der Waals surface area contributed by atoms with Gasteiger partial charge < -0.3 is 19.0 Å². The van der Waals surface area contributed by atoms with Crippen LogP contribution in [-0.4, -0.2) is 29.6 Å². The summed E-state index contributed by atoms with van der Waals surface area (Å²) in [4.78, 5) is 30.5. The second-order valence-corrected chi connectivity index (χ2v) is 13.6. The van der Waals surface area contributed by atoms with Gasteiger partial charge in [0.25, 0.3) is 0 Å². The van der Waals surface area contributed by atoms with E-state index in [1.807, 2.05) is 93.5 Å². The second kappa shape index (κ2) is 11.5. The monoisotopic (exact) mass is 614 g/mol. The molecule has 1 atom stereocenters. The zero-order valence-electron chi connectivity index (χ0n) is 27.1. The van der Waals surface area contributed by atoms with E-state index in [1.165, 1.54) is 0 Å². The number of aryl methyl sites for hydroxylation is 2. The summed E-state index contributed by atoms with van der Waals surface area (Å²) in [6.07, 6.45) is 0.826. The third kappa shape index (κ3) is 5.60. The van der Waals surface area contributed by atoms with Gasteiger partial charge in [0.05, 0.1) is 34.0 Å². The van der Waals surface area contributed by atoms with E-state index < -0.39 is 18.3 Å². The first kappa shape index (κ1) is 32.0. The third-order valence-corrected chi connectivity index (χ3v) is 9.17. The van der Waals surface area contributed by atoms with E-state index in [0.29, 0.717) is 44.2 Å². The number of carbonyl (C=O) groups excluding carboxylic acids is 1. The van der Waals surface area contributed by atoms with Gasteiger partial charge in [0.1, 0.15) is 22.8 Å². The van der Waals surface area contributed by atoms with Gasteiger partial charge in [-0.1, -0.05) is 37.6 Å². The van der Waals surface area contributed by atoms with Gasteiger partial charge in [0.2, 0.25) is 0 Å². The summed E-state index contributed by atoms with van der Waals surface area (Å²) in [5.74, 6) is 0.750. The molecule has 0 amide bonds. The van der Waals surface area contributed by atoms with Crippen LogP contribution < -0.4 is 16.2 Å². The predicted octanol–water partition coefficient (Wildman–Crippen LogP) is 7.84. The van der Waals surface area contributed by atoms with E-state index in [0.717, 1.165) is 34.2 Å². The van der Waals surface area contributed by atoms with Gasteiger partial charge >= 0.3 is 7.12 Å². The van der Waals surface area contributed by atoms with E-state index in [1.54, 1.807) is 12.1 Å². The lowest BCUT2D eigenvalue weighted by Crippen LogP contribution is -2.41. The molecular formula is C35H40BClN2O5. The summed E-state index contributed by atoms with van der Waals surface area (Å²) in [6, 6.07) is 11.0. The maximum absolute atomic E-state index is 13.4. The zero-order chi connectivity index (χ0) is 32.3. The summed E-state index contributed by atoms with van der Waals surface area (Å²) >= 11 is 6.41. The number of rotatable bonds is 7. The highest BCUT2D eigenvalue weighted by Gasteiger charge is 2.52. The van der Waals surface area contributed by atoms with Crippen molar-refractivity contribution in [3.8, 4) is 11.3 Å². The molecule has 0 bridgehead atoms. The molecule has 1 saturated heterocycles. The van der Waals surface area contributed by atoms with Crippen LogP contribution in [0.1, 0.15) is 98.8 Å².